The van der Waals surface area contributed by atoms with Crippen LogP contribution in [-0.4, -0.2) is 30.7 Å². The van der Waals surface area contributed by atoms with Crippen molar-refractivity contribution in [1.29, 1.82) is 0 Å². The Bertz CT molecular complexity index is 891. The van der Waals surface area contributed by atoms with Gasteiger partial charge in [-0.25, -0.2) is 9.50 Å². The lowest BCUT2D eigenvalue weighted by Gasteiger charge is -2.09. The number of hydrogen-bond donors (Lipinski definition) is 1. The fraction of sp³-hybridized carbons (Fsp3) is 0.294. The maximum Gasteiger partial charge on any atom is 0.253 e. The Morgan fingerprint density at radius 1 is 1.17 bits per heavy atom. The smallest absolute Gasteiger partial charge is 0.253 e. The lowest BCUT2D eigenvalue weighted by Crippen LogP contribution is -2.22. The molecule has 1 N–H and O–H groups in total. The van der Waals surface area contributed by atoms with Gasteiger partial charge in [-0.15, -0.1) is 5.10 Å². The van der Waals surface area contributed by atoms with Crippen LogP contribution in [-0.2, 0) is 4.79 Å². The van der Waals surface area contributed by atoms with Crippen molar-refractivity contribution in [2.75, 3.05) is 5.32 Å². The first-order valence-corrected chi connectivity index (χ1v) is 8.57. The number of rotatable bonds is 4. The monoisotopic (exact) mass is 341 g/mol. The number of hydrogen-bond acceptors (Lipinski definition) is 5. The first-order valence-electron chi connectivity index (χ1n) is 7.69. The molecule has 0 saturated heterocycles. The second-order valence-electron chi connectivity index (χ2n) is 5.63. The van der Waals surface area contributed by atoms with Crippen LogP contribution < -0.4 is 5.32 Å². The fourth-order valence-electron chi connectivity index (χ4n) is 2.26. The van der Waals surface area contributed by atoms with E-state index in [1.165, 1.54) is 11.8 Å². The zero-order valence-corrected chi connectivity index (χ0v) is 14.9. The van der Waals surface area contributed by atoms with E-state index in [1.54, 1.807) is 4.52 Å². The second-order valence-corrected chi connectivity index (χ2v) is 6.94. The minimum atomic E-state index is -0.315. The molecule has 0 aliphatic carbocycles. The van der Waals surface area contributed by atoms with Crippen molar-refractivity contribution in [2.24, 2.45) is 0 Å². The normalized spacial score (nSPS) is 12.3. The summed E-state index contributed by atoms with van der Waals surface area (Å²) in [5, 5.41) is 7.59. The maximum atomic E-state index is 12.3. The maximum absolute atomic E-state index is 12.3. The van der Waals surface area contributed by atoms with Gasteiger partial charge < -0.3 is 5.32 Å². The highest BCUT2D eigenvalue weighted by Crippen LogP contribution is 2.22. The van der Waals surface area contributed by atoms with Gasteiger partial charge in [0.15, 0.2) is 0 Å². The molecular weight excluding hydrogens is 322 g/mol. The molecule has 1 atom stereocenters. The zero-order chi connectivity index (χ0) is 17.3. The Hall–Kier alpha value is -2.41. The van der Waals surface area contributed by atoms with Gasteiger partial charge in [-0.3, -0.25) is 4.79 Å². The minimum absolute atomic E-state index is 0.0814. The van der Waals surface area contributed by atoms with Crippen molar-refractivity contribution in [3.63, 3.8) is 0 Å². The summed E-state index contributed by atoms with van der Waals surface area (Å²) in [6.45, 7) is 7.80. The lowest BCUT2D eigenvalue weighted by atomic mass is 10.2. The number of para-hydroxylation sites is 1. The van der Waals surface area contributed by atoms with Crippen molar-refractivity contribution in [3.8, 4) is 0 Å². The predicted molar refractivity (Wildman–Crippen MR) is 95.4 cm³/mol. The Balaban J connectivity index is 1.77. The molecule has 2 heterocycles. The first kappa shape index (κ1) is 16.4. The van der Waals surface area contributed by atoms with Crippen LogP contribution in [0.1, 0.15) is 23.9 Å². The van der Waals surface area contributed by atoms with Crippen molar-refractivity contribution in [3.05, 3.63) is 47.3 Å². The number of nitrogens with zero attached hydrogens (tertiary/aromatic N) is 4. The summed E-state index contributed by atoms with van der Waals surface area (Å²) in [7, 11) is 0. The summed E-state index contributed by atoms with van der Waals surface area (Å²) in [4.78, 5) is 21.2. The zero-order valence-electron chi connectivity index (χ0n) is 14.1. The molecule has 1 aromatic carbocycles. The molecule has 6 nitrogen and oxygen atoms in total. The number of aryl methyl sites for hydroxylation is 2. The van der Waals surface area contributed by atoms with Gasteiger partial charge in [-0.1, -0.05) is 30.0 Å². The average molecular weight is 341 g/mol. The first-order chi connectivity index (χ1) is 11.5. The number of aromatic nitrogens is 4. The Morgan fingerprint density at radius 2 is 1.88 bits per heavy atom. The molecule has 0 spiro atoms. The number of nitrogens with one attached hydrogen (secondary N) is 1. The summed E-state index contributed by atoms with van der Waals surface area (Å²) in [5.41, 5.74) is 3.83. The van der Waals surface area contributed by atoms with Crippen molar-refractivity contribution >= 4 is 29.1 Å². The van der Waals surface area contributed by atoms with Crippen LogP contribution in [0.4, 0.5) is 5.69 Å². The number of carbonyl (C=O) groups excluding carboxylic acids is 1. The Labute approximate surface area is 144 Å². The molecule has 124 valence electrons. The molecule has 1 unspecified atom stereocenters. The Kier molecular flexibility index (Phi) is 4.53. The van der Waals surface area contributed by atoms with E-state index in [2.05, 4.69) is 20.4 Å². The summed E-state index contributed by atoms with van der Waals surface area (Å²) in [6.07, 6.45) is 0. The molecular formula is C17H19N5OS. The van der Waals surface area contributed by atoms with E-state index >= 15 is 0 Å². The highest BCUT2D eigenvalue weighted by atomic mass is 32.2. The van der Waals surface area contributed by atoms with E-state index < -0.39 is 0 Å². The van der Waals surface area contributed by atoms with E-state index in [9.17, 15) is 4.79 Å². The number of carbonyl (C=O) groups is 1. The van der Waals surface area contributed by atoms with Gasteiger partial charge in [-0.2, -0.15) is 4.98 Å². The van der Waals surface area contributed by atoms with Gasteiger partial charge in [0, 0.05) is 17.1 Å². The lowest BCUT2D eigenvalue weighted by molar-refractivity contribution is -0.115. The molecule has 0 bridgehead atoms. The van der Waals surface area contributed by atoms with Crippen LogP contribution in [0, 0.1) is 20.8 Å². The molecule has 3 aromatic rings. The summed E-state index contributed by atoms with van der Waals surface area (Å²) in [5.74, 6) is 0.482. The van der Waals surface area contributed by atoms with Gasteiger partial charge in [0.1, 0.15) is 0 Å². The third kappa shape index (κ3) is 3.26. The fourth-order valence-corrected chi connectivity index (χ4v) is 3.01. The van der Waals surface area contributed by atoms with Gasteiger partial charge in [0.25, 0.3) is 5.78 Å². The SMILES string of the molecule is Cc1nc2nc(SC(C)C(=O)Nc3ccccc3)nn2c(C)c1C. The molecule has 0 fully saturated rings. The van der Waals surface area contributed by atoms with Crippen LogP contribution in [0.2, 0.25) is 0 Å². The van der Waals surface area contributed by atoms with Gasteiger partial charge in [-0.05, 0) is 45.4 Å². The van der Waals surface area contributed by atoms with E-state index in [-0.39, 0.29) is 11.2 Å². The number of amides is 1. The summed E-state index contributed by atoms with van der Waals surface area (Å²) in [6, 6.07) is 9.40. The number of benzene rings is 1. The van der Waals surface area contributed by atoms with E-state index in [0.29, 0.717) is 10.9 Å². The van der Waals surface area contributed by atoms with Gasteiger partial charge in [0.05, 0.1) is 5.25 Å². The number of anilines is 1. The molecule has 24 heavy (non-hydrogen) atoms. The van der Waals surface area contributed by atoms with Crippen LogP contribution >= 0.6 is 11.8 Å². The molecule has 2 aromatic heterocycles. The van der Waals surface area contributed by atoms with Crippen molar-refractivity contribution in [1.82, 2.24) is 19.6 Å². The third-order valence-corrected chi connectivity index (χ3v) is 4.89. The third-order valence-electron chi connectivity index (χ3n) is 3.93. The largest absolute Gasteiger partial charge is 0.325 e. The Morgan fingerprint density at radius 3 is 2.58 bits per heavy atom. The number of thioether (sulfide) groups is 1. The molecule has 3 rings (SSSR count). The number of fused-ring (bicyclic) bond motifs is 1. The predicted octanol–water partition coefficient (Wildman–Crippen LogP) is 3.17. The average Bonchev–Trinajstić information content (AvgIpc) is 2.96. The van der Waals surface area contributed by atoms with Crippen molar-refractivity contribution in [2.45, 2.75) is 38.1 Å². The highest BCUT2D eigenvalue weighted by molar-refractivity contribution is 8.00. The molecule has 0 saturated carbocycles. The van der Waals surface area contributed by atoms with Crippen molar-refractivity contribution < 1.29 is 4.79 Å². The molecule has 0 radical (unpaired) electrons. The summed E-state index contributed by atoms with van der Waals surface area (Å²) >= 11 is 1.32. The van der Waals surface area contributed by atoms with E-state index in [0.717, 1.165) is 22.6 Å². The highest BCUT2D eigenvalue weighted by Gasteiger charge is 2.18. The van der Waals surface area contributed by atoms with Crippen LogP contribution in [0.25, 0.3) is 5.78 Å². The molecule has 7 heteroatoms. The summed E-state index contributed by atoms with van der Waals surface area (Å²) < 4.78 is 1.73. The van der Waals surface area contributed by atoms with Gasteiger partial charge in [0.2, 0.25) is 11.1 Å². The standard InChI is InChI=1S/C17H19N5OS/c1-10-11(2)18-16-20-17(21-22(16)12(10)3)24-13(4)15(23)19-14-8-6-5-7-9-14/h5-9,13H,1-4H3,(H,19,23). The topological polar surface area (TPSA) is 72.2 Å². The minimum Gasteiger partial charge on any atom is -0.325 e. The van der Waals surface area contributed by atoms with Crippen LogP contribution in [0.3, 0.4) is 0 Å². The molecule has 0 aliphatic heterocycles. The second kappa shape index (κ2) is 6.60. The van der Waals surface area contributed by atoms with Crippen LogP contribution in [0.5, 0.6) is 0 Å². The van der Waals surface area contributed by atoms with Crippen LogP contribution in [0.15, 0.2) is 35.5 Å². The molecule has 0 aliphatic rings. The van der Waals surface area contributed by atoms with Gasteiger partial charge >= 0.3 is 0 Å². The van der Waals surface area contributed by atoms with E-state index in [1.807, 2.05) is 58.0 Å². The quantitative estimate of drug-likeness (QED) is 0.738. The molecule has 1 amide bonds. The van der Waals surface area contributed by atoms with E-state index in [4.69, 9.17) is 0 Å².